The molecule has 0 aliphatic heterocycles. The van der Waals surface area contributed by atoms with Crippen LogP contribution in [0, 0.1) is 0 Å². The van der Waals surface area contributed by atoms with Gasteiger partial charge in [0.2, 0.25) is 0 Å². The first-order valence-electron chi connectivity index (χ1n) is 4.56. The van der Waals surface area contributed by atoms with E-state index in [4.69, 9.17) is 22.1 Å². The number of ether oxygens (including phenoxy) is 1. The van der Waals surface area contributed by atoms with Gasteiger partial charge in [-0.1, -0.05) is 11.6 Å². The number of rotatable bonds is 3. The van der Waals surface area contributed by atoms with Gasteiger partial charge >= 0.3 is 0 Å². The third kappa shape index (κ3) is 2.90. The number of thiophene rings is 1. The first kappa shape index (κ1) is 11.8. The Morgan fingerprint density at radius 2 is 2.19 bits per heavy atom. The lowest BCUT2D eigenvalue weighted by Crippen LogP contribution is -1.94. The van der Waals surface area contributed by atoms with Gasteiger partial charge in [0, 0.05) is 26.5 Å². The summed E-state index contributed by atoms with van der Waals surface area (Å²) in [6, 6.07) is 7.23. The third-order valence-corrected chi connectivity index (χ3v) is 3.93. The summed E-state index contributed by atoms with van der Waals surface area (Å²) in [5.74, 6) is 0.617. The standard InChI is InChI=1S/C11H9BrClNOS/c12-7-3-9(16-6-7)5-15-11-4-8(14)1-2-10(11)13/h1-4,6H,5,14H2. The van der Waals surface area contributed by atoms with Gasteiger partial charge < -0.3 is 10.5 Å². The summed E-state index contributed by atoms with van der Waals surface area (Å²) < 4.78 is 6.66. The maximum absolute atomic E-state index is 5.98. The van der Waals surface area contributed by atoms with Gasteiger partial charge in [-0.15, -0.1) is 11.3 Å². The molecule has 1 heterocycles. The monoisotopic (exact) mass is 317 g/mol. The van der Waals surface area contributed by atoms with Gasteiger partial charge in [0.05, 0.1) is 5.02 Å². The molecule has 2 N–H and O–H groups in total. The quantitative estimate of drug-likeness (QED) is 0.855. The van der Waals surface area contributed by atoms with E-state index in [1.807, 2.05) is 11.4 Å². The summed E-state index contributed by atoms with van der Waals surface area (Å²) in [7, 11) is 0. The van der Waals surface area contributed by atoms with Crippen LogP contribution in [0.4, 0.5) is 5.69 Å². The fraction of sp³-hybridized carbons (Fsp3) is 0.0909. The predicted molar refractivity (Wildman–Crippen MR) is 72.2 cm³/mol. The minimum Gasteiger partial charge on any atom is -0.486 e. The smallest absolute Gasteiger partial charge is 0.140 e. The highest BCUT2D eigenvalue weighted by atomic mass is 79.9. The molecule has 0 spiro atoms. The van der Waals surface area contributed by atoms with E-state index in [0.29, 0.717) is 23.1 Å². The number of anilines is 1. The number of hydrogen-bond acceptors (Lipinski definition) is 3. The highest BCUT2D eigenvalue weighted by molar-refractivity contribution is 9.10. The fourth-order valence-electron chi connectivity index (χ4n) is 1.21. The van der Waals surface area contributed by atoms with Crippen molar-refractivity contribution in [3.8, 4) is 5.75 Å². The van der Waals surface area contributed by atoms with Crippen LogP contribution in [0.25, 0.3) is 0 Å². The second kappa shape index (κ2) is 5.08. The molecule has 0 saturated heterocycles. The summed E-state index contributed by atoms with van der Waals surface area (Å²) in [6.45, 7) is 0.499. The lowest BCUT2D eigenvalue weighted by molar-refractivity contribution is 0.310. The lowest BCUT2D eigenvalue weighted by Gasteiger charge is -2.07. The van der Waals surface area contributed by atoms with Crippen LogP contribution in [0.5, 0.6) is 5.75 Å². The van der Waals surface area contributed by atoms with Gasteiger partial charge in [0.15, 0.2) is 0 Å². The summed E-state index contributed by atoms with van der Waals surface area (Å²) in [4.78, 5) is 1.13. The molecule has 0 fully saturated rings. The molecule has 16 heavy (non-hydrogen) atoms. The Kier molecular flexibility index (Phi) is 3.74. The third-order valence-electron chi connectivity index (χ3n) is 1.95. The number of hydrogen-bond donors (Lipinski definition) is 1. The molecule has 0 atom stereocenters. The summed E-state index contributed by atoms with van der Waals surface area (Å²) >= 11 is 11.0. The summed E-state index contributed by atoms with van der Waals surface area (Å²) in [6.07, 6.45) is 0. The Balaban J connectivity index is 2.07. The van der Waals surface area contributed by atoms with E-state index in [9.17, 15) is 0 Å². The van der Waals surface area contributed by atoms with Crippen molar-refractivity contribution in [3.05, 3.63) is 44.0 Å². The molecule has 0 bridgehead atoms. The van der Waals surface area contributed by atoms with Gasteiger partial charge in [0.1, 0.15) is 12.4 Å². The first-order valence-corrected chi connectivity index (χ1v) is 6.61. The molecule has 2 rings (SSSR count). The van der Waals surface area contributed by atoms with E-state index in [1.165, 1.54) is 0 Å². The van der Waals surface area contributed by atoms with Crippen molar-refractivity contribution >= 4 is 44.6 Å². The zero-order valence-electron chi connectivity index (χ0n) is 8.24. The second-order valence-electron chi connectivity index (χ2n) is 3.21. The van der Waals surface area contributed by atoms with Gasteiger partial charge in [-0.05, 0) is 34.1 Å². The maximum Gasteiger partial charge on any atom is 0.140 e. The number of halogens is 2. The van der Waals surface area contributed by atoms with Crippen molar-refractivity contribution in [3.63, 3.8) is 0 Å². The van der Waals surface area contributed by atoms with Crippen molar-refractivity contribution in [2.24, 2.45) is 0 Å². The highest BCUT2D eigenvalue weighted by Gasteiger charge is 2.03. The van der Waals surface area contributed by atoms with Crippen LogP contribution in [-0.2, 0) is 6.61 Å². The van der Waals surface area contributed by atoms with Gasteiger partial charge in [0.25, 0.3) is 0 Å². The molecule has 5 heteroatoms. The minimum atomic E-state index is 0.499. The van der Waals surface area contributed by atoms with Crippen LogP contribution in [-0.4, -0.2) is 0 Å². The molecule has 1 aromatic carbocycles. The van der Waals surface area contributed by atoms with Crippen molar-refractivity contribution in [1.29, 1.82) is 0 Å². The number of benzene rings is 1. The second-order valence-corrected chi connectivity index (χ2v) is 5.53. The normalized spacial score (nSPS) is 10.4. The van der Waals surface area contributed by atoms with Crippen LogP contribution in [0.15, 0.2) is 34.1 Å². The van der Waals surface area contributed by atoms with E-state index in [2.05, 4.69) is 15.9 Å². The Morgan fingerprint density at radius 1 is 1.38 bits per heavy atom. The van der Waals surface area contributed by atoms with E-state index < -0.39 is 0 Å². The van der Waals surface area contributed by atoms with Crippen LogP contribution in [0.2, 0.25) is 5.02 Å². The van der Waals surface area contributed by atoms with Gasteiger partial charge in [-0.2, -0.15) is 0 Å². The Bertz CT molecular complexity index is 500. The molecule has 0 amide bonds. The minimum absolute atomic E-state index is 0.499. The van der Waals surface area contributed by atoms with E-state index in [-0.39, 0.29) is 0 Å². The molecule has 0 aliphatic carbocycles. The lowest BCUT2D eigenvalue weighted by atomic mass is 10.3. The zero-order chi connectivity index (χ0) is 11.5. The van der Waals surface area contributed by atoms with Gasteiger partial charge in [-0.25, -0.2) is 0 Å². The van der Waals surface area contributed by atoms with E-state index >= 15 is 0 Å². The SMILES string of the molecule is Nc1ccc(Cl)c(OCc2cc(Br)cs2)c1. The molecular weight excluding hydrogens is 310 g/mol. The maximum atomic E-state index is 5.98. The number of nitrogens with two attached hydrogens (primary N) is 1. The largest absolute Gasteiger partial charge is 0.486 e. The molecular formula is C11H9BrClNOS. The molecule has 0 saturated carbocycles. The molecule has 1 aromatic heterocycles. The molecule has 0 unspecified atom stereocenters. The highest BCUT2D eigenvalue weighted by Crippen LogP contribution is 2.28. The van der Waals surface area contributed by atoms with Crippen LogP contribution in [0.3, 0.4) is 0 Å². The van der Waals surface area contributed by atoms with Crippen molar-refractivity contribution < 1.29 is 4.74 Å². The zero-order valence-corrected chi connectivity index (χ0v) is 11.4. The fourth-order valence-corrected chi connectivity index (χ4v) is 2.74. The van der Waals surface area contributed by atoms with Crippen LogP contribution in [0.1, 0.15) is 4.88 Å². The van der Waals surface area contributed by atoms with Gasteiger partial charge in [-0.3, -0.25) is 0 Å². The molecule has 2 nitrogen and oxygen atoms in total. The topological polar surface area (TPSA) is 35.2 Å². The Labute approximate surface area is 111 Å². The molecule has 0 aliphatic rings. The average molecular weight is 319 g/mol. The Hall–Kier alpha value is -0.710. The molecule has 84 valence electrons. The van der Waals surface area contributed by atoms with E-state index in [1.54, 1.807) is 29.5 Å². The first-order chi connectivity index (χ1) is 7.65. The van der Waals surface area contributed by atoms with E-state index in [0.717, 1.165) is 9.35 Å². The number of nitrogen functional groups attached to an aromatic ring is 1. The molecule has 0 radical (unpaired) electrons. The average Bonchev–Trinajstić information content (AvgIpc) is 2.66. The van der Waals surface area contributed by atoms with Crippen molar-refractivity contribution in [1.82, 2.24) is 0 Å². The summed E-state index contributed by atoms with van der Waals surface area (Å²) in [5.41, 5.74) is 6.30. The molecule has 2 aromatic rings. The van der Waals surface area contributed by atoms with Crippen LogP contribution >= 0.6 is 38.9 Å². The van der Waals surface area contributed by atoms with Crippen molar-refractivity contribution in [2.45, 2.75) is 6.61 Å². The predicted octanol–water partition coefficient (Wildman–Crippen LogP) is 4.33. The van der Waals surface area contributed by atoms with Crippen LogP contribution < -0.4 is 10.5 Å². The Morgan fingerprint density at radius 3 is 2.88 bits per heavy atom. The summed E-state index contributed by atoms with van der Waals surface area (Å²) in [5, 5.41) is 2.59. The van der Waals surface area contributed by atoms with Crippen molar-refractivity contribution in [2.75, 3.05) is 5.73 Å².